The number of aromatic nitrogens is 1. The van der Waals surface area contributed by atoms with Crippen LogP contribution in [0.15, 0.2) is 54.6 Å². The first kappa shape index (κ1) is 19.8. The largest absolute Gasteiger partial charge is 0.351 e. The van der Waals surface area contributed by atoms with Gasteiger partial charge in [0.2, 0.25) is 0 Å². The van der Waals surface area contributed by atoms with Gasteiger partial charge in [-0.15, -0.1) is 0 Å². The number of benzene rings is 2. The van der Waals surface area contributed by atoms with E-state index in [0.717, 1.165) is 75.1 Å². The number of carbonyl (C=O) groups is 2. The number of carbonyl (C=O) groups excluding carboxylic acids is 2. The maximum atomic E-state index is 12.9. The summed E-state index contributed by atoms with van der Waals surface area (Å²) in [5.41, 5.74) is 3.64. The maximum Gasteiger partial charge on any atom is 0.270 e. The summed E-state index contributed by atoms with van der Waals surface area (Å²) in [6.07, 6.45) is 2.22. The smallest absolute Gasteiger partial charge is 0.270 e. The number of hydrogen-bond acceptors (Lipinski definition) is 3. The summed E-state index contributed by atoms with van der Waals surface area (Å²) in [5.74, 6) is 0.216. The predicted octanol–water partition coefficient (Wildman–Crippen LogP) is 3.36. The van der Waals surface area contributed by atoms with Crippen molar-refractivity contribution in [2.45, 2.75) is 19.4 Å². The third kappa shape index (κ3) is 4.21. The maximum absolute atomic E-state index is 12.9. The Hall–Kier alpha value is -3.12. The standard InChI is InChI=1S/C25H28N4O2/c30-24(28-11-3-4-12-28)20-9-7-19(8-10-20)18-27-13-15-29(16-14-27)25(31)23-17-21-5-1-2-6-22(21)26-23/h1-2,5-10,17,26H,3-4,11-16,18H2. The number of nitrogens with one attached hydrogen (secondary N) is 1. The number of para-hydroxylation sites is 1. The van der Waals surface area contributed by atoms with Crippen molar-refractivity contribution in [3.8, 4) is 0 Å². The van der Waals surface area contributed by atoms with Crippen LogP contribution in [0.3, 0.4) is 0 Å². The Kier molecular flexibility index (Phi) is 5.47. The van der Waals surface area contributed by atoms with Crippen LogP contribution in [0.5, 0.6) is 0 Å². The van der Waals surface area contributed by atoms with E-state index < -0.39 is 0 Å². The molecule has 160 valence electrons. The monoisotopic (exact) mass is 416 g/mol. The third-order valence-electron chi connectivity index (χ3n) is 6.42. The fourth-order valence-electron chi connectivity index (χ4n) is 4.58. The van der Waals surface area contributed by atoms with Gasteiger partial charge in [-0.1, -0.05) is 30.3 Å². The van der Waals surface area contributed by atoms with Crippen LogP contribution < -0.4 is 0 Å². The van der Waals surface area contributed by atoms with Crippen molar-refractivity contribution in [2.75, 3.05) is 39.3 Å². The molecule has 0 radical (unpaired) electrons. The minimum atomic E-state index is 0.0700. The number of H-pyrrole nitrogens is 1. The summed E-state index contributed by atoms with van der Waals surface area (Å²) in [7, 11) is 0. The minimum absolute atomic E-state index is 0.0700. The Labute approximate surface area is 182 Å². The van der Waals surface area contributed by atoms with Gasteiger partial charge >= 0.3 is 0 Å². The molecule has 0 atom stereocenters. The Balaban J connectivity index is 1.15. The van der Waals surface area contributed by atoms with Gasteiger partial charge in [0.15, 0.2) is 0 Å². The normalized spacial score (nSPS) is 17.4. The van der Waals surface area contributed by atoms with Gasteiger partial charge in [-0.25, -0.2) is 0 Å². The molecule has 2 amide bonds. The van der Waals surface area contributed by atoms with Crippen molar-refractivity contribution >= 4 is 22.7 Å². The Morgan fingerprint density at radius 1 is 0.774 bits per heavy atom. The number of likely N-dealkylation sites (tertiary alicyclic amines) is 1. The number of nitrogens with zero attached hydrogens (tertiary/aromatic N) is 3. The van der Waals surface area contributed by atoms with Gasteiger partial charge in [0.25, 0.3) is 11.8 Å². The minimum Gasteiger partial charge on any atom is -0.351 e. The molecular formula is C25H28N4O2. The number of fused-ring (bicyclic) bond motifs is 1. The zero-order valence-electron chi connectivity index (χ0n) is 17.7. The van der Waals surface area contributed by atoms with Crippen LogP contribution in [0.2, 0.25) is 0 Å². The quantitative estimate of drug-likeness (QED) is 0.710. The van der Waals surface area contributed by atoms with Crippen molar-refractivity contribution in [1.82, 2.24) is 19.7 Å². The lowest BCUT2D eigenvalue weighted by Crippen LogP contribution is -2.48. The van der Waals surface area contributed by atoms with Crippen molar-refractivity contribution < 1.29 is 9.59 Å². The van der Waals surface area contributed by atoms with Crippen LogP contribution in [-0.4, -0.2) is 70.8 Å². The topological polar surface area (TPSA) is 59.7 Å². The molecule has 0 unspecified atom stereocenters. The van der Waals surface area contributed by atoms with Crippen LogP contribution in [-0.2, 0) is 6.54 Å². The summed E-state index contributed by atoms with van der Waals surface area (Å²) in [4.78, 5) is 34.9. The molecule has 2 saturated heterocycles. The molecule has 2 aromatic carbocycles. The molecule has 2 aliphatic rings. The molecule has 0 saturated carbocycles. The van der Waals surface area contributed by atoms with Gasteiger partial charge in [-0.2, -0.15) is 0 Å². The molecule has 6 heteroatoms. The molecule has 0 spiro atoms. The van der Waals surface area contributed by atoms with Crippen molar-refractivity contribution in [2.24, 2.45) is 0 Å². The predicted molar refractivity (Wildman–Crippen MR) is 121 cm³/mol. The fraction of sp³-hybridized carbons (Fsp3) is 0.360. The summed E-state index contributed by atoms with van der Waals surface area (Å²) < 4.78 is 0. The van der Waals surface area contributed by atoms with Crippen LogP contribution in [0.25, 0.3) is 10.9 Å². The second-order valence-corrected chi connectivity index (χ2v) is 8.53. The zero-order chi connectivity index (χ0) is 21.2. The highest BCUT2D eigenvalue weighted by atomic mass is 16.2. The van der Waals surface area contributed by atoms with E-state index in [-0.39, 0.29) is 11.8 Å². The van der Waals surface area contributed by atoms with Gasteiger partial charge in [-0.3, -0.25) is 14.5 Å². The molecule has 5 rings (SSSR count). The van der Waals surface area contributed by atoms with Gasteiger partial charge in [0.05, 0.1) is 0 Å². The summed E-state index contributed by atoms with van der Waals surface area (Å²) in [5, 5.41) is 1.07. The third-order valence-corrected chi connectivity index (χ3v) is 6.42. The van der Waals surface area contributed by atoms with Crippen LogP contribution in [0.4, 0.5) is 0 Å². The average Bonchev–Trinajstić information content (AvgIpc) is 3.49. The molecule has 1 aromatic heterocycles. The van der Waals surface area contributed by atoms with E-state index in [1.807, 2.05) is 52.3 Å². The lowest BCUT2D eigenvalue weighted by Gasteiger charge is -2.34. The van der Waals surface area contributed by atoms with Crippen LogP contribution >= 0.6 is 0 Å². The number of amides is 2. The molecule has 0 bridgehead atoms. The highest BCUT2D eigenvalue weighted by molar-refractivity contribution is 5.98. The highest BCUT2D eigenvalue weighted by Crippen LogP contribution is 2.18. The number of rotatable bonds is 4. The average molecular weight is 417 g/mol. The van der Waals surface area contributed by atoms with E-state index in [1.165, 1.54) is 5.56 Å². The fourth-order valence-corrected chi connectivity index (χ4v) is 4.58. The highest BCUT2D eigenvalue weighted by Gasteiger charge is 2.24. The lowest BCUT2D eigenvalue weighted by molar-refractivity contribution is 0.0623. The van der Waals surface area contributed by atoms with Crippen molar-refractivity contribution in [3.63, 3.8) is 0 Å². The zero-order valence-corrected chi connectivity index (χ0v) is 17.7. The Morgan fingerprint density at radius 2 is 1.45 bits per heavy atom. The molecule has 0 aliphatic carbocycles. The Bertz CT molecular complexity index is 1040. The van der Waals surface area contributed by atoms with E-state index in [1.54, 1.807) is 0 Å². The summed E-state index contributed by atoms with van der Waals surface area (Å²) in [6.45, 7) is 5.73. The SMILES string of the molecule is O=C(c1ccc(CN2CCN(C(=O)c3cc4ccccc4[nH]3)CC2)cc1)N1CCCC1. The summed E-state index contributed by atoms with van der Waals surface area (Å²) in [6, 6.07) is 17.9. The van der Waals surface area contributed by atoms with Crippen molar-refractivity contribution in [3.05, 3.63) is 71.4 Å². The molecule has 3 aromatic rings. The van der Waals surface area contributed by atoms with Crippen LogP contribution in [0, 0.1) is 0 Å². The first-order chi connectivity index (χ1) is 15.2. The molecule has 31 heavy (non-hydrogen) atoms. The number of hydrogen-bond donors (Lipinski definition) is 1. The number of piperazine rings is 1. The molecule has 6 nitrogen and oxygen atoms in total. The molecule has 3 heterocycles. The van der Waals surface area contributed by atoms with Gasteiger partial charge in [0.1, 0.15) is 5.69 Å². The van der Waals surface area contributed by atoms with E-state index in [4.69, 9.17) is 0 Å². The first-order valence-electron chi connectivity index (χ1n) is 11.1. The lowest BCUT2D eigenvalue weighted by atomic mass is 10.1. The molecular weight excluding hydrogens is 388 g/mol. The van der Waals surface area contributed by atoms with E-state index in [2.05, 4.69) is 22.0 Å². The van der Waals surface area contributed by atoms with Gasteiger partial charge in [-0.05, 0) is 42.7 Å². The van der Waals surface area contributed by atoms with E-state index >= 15 is 0 Å². The number of aromatic amines is 1. The molecule has 1 N–H and O–H groups in total. The van der Waals surface area contributed by atoms with Crippen LogP contribution in [0.1, 0.15) is 39.3 Å². The van der Waals surface area contributed by atoms with E-state index in [9.17, 15) is 9.59 Å². The first-order valence-corrected chi connectivity index (χ1v) is 11.1. The molecule has 2 aliphatic heterocycles. The molecule has 2 fully saturated rings. The Morgan fingerprint density at radius 3 is 2.16 bits per heavy atom. The second kappa shape index (κ2) is 8.55. The summed E-state index contributed by atoms with van der Waals surface area (Å²) >= 11 is 0. The van der Waals surface area contributed by atoms with Crippen molar-refractivity contribution in [1.29, 1.82) is 0 Å². The van der Waals surface area contributed by atoms with Gasteiger partial charge < -0.3 is 14.8 Å². The second-order valence-electron chi connectivity index (χ2n) is 8.53. The van der Waals surface area contributed by atoms with E-state index in [0.29, 0.717) is 5.69 Å². The van der Waals surface area contributed by atoms with Gasteiger partial charge in [0, 0.05) is 62.3 Å².